The molecular weight excluding hydrogens is 246 g/mol. The highest BCUT2D eigenvalue weighted by molar-refractivity contribution is 5.66. The van der Waals surface area contributed by atoms with Crippen LogP contribution in [0.4, 0.5) is 5.69 Å². The number of methoxy groups -OCH3 is 1. The van der Waals surface area contributed by atoms with E-state index in [0.29, 0.717) is 12.4 Å². The molecule has 1 N–H and O–H groups in total. The second-order valence-electron chi connectivity index (χ2n) is 4.53. The molecule has 0 unspecified atom stereocenters. The summed E-state index contributed by atoms with van der Waals surface area (Å²) in [6.07, 6.45) is 1.95. The van der Waals surface area contributed by atoms with Gasteiger partial charge in [-0.1, -0.05) is 0 Å². The Morgan fingerprint density at radius 2 is 2.16 bits per heavy atom. The number of piperazine rings is 1. The molecule has 1 aliphatic heterocycles. The van der Waals surface area contributed by atoms with Gasteiger partial charge in [0.2, 0.25) is 5.88 Å². The van der Waals surface area contributed by atoms with Gasteiger partial charge in [-0.15, -0.1) is 0 Å². The van der Waals surface area contributed by atoms with Crippen LogP contribution < -0.4 is 9.64 Å². The minimum Gasteiger partial charge on any atom is -0.481 e. The van der Waals surface area contributed by atoms with Gasteiger partial charge < -0.3 is 14.7 Å². The third kappa shape index (κ3) is 3.82. The number of aromatic nitrogens is 1. The molecule has 0 aliphatic carbocycles. The summed E-state index contributed by atoms with van der Waals surface area (Å²) in [6, 6.07) is 3.89. The highest BCUT2D eigenvalue weighted by Crippen LogP contribution is 2.19. The summed E-state index contributed by atoms with van der Waals surface area (Å²) in [5.74, 6) is -0.118. The zero-order chi connectivity index (χ0) is 13.7. The molecular formula is C13H19N3O3. The zero-order valence-electron chi connectivity index (χ0n) is 11.1. The first-order valence-electron chi connectivity index (χ1n) is 6.38. The Balaban J connectivity index is 1.87. The number of nitrogens with zero attached hydrogens (tertiary/aromatic N) is 3. The number of carboxylic acid groups (broad SMARTS) is 1. The summed E-state index contributed by atoms with van der Waals surface area (Å²) >= 11 is 0. The first-order valence-corrected chi connectivity index (χ1v) is 6.38. The third-order valence-corrected chi connectivity index (χ3v) is 3.31. The molecule has 1 aromatic rings. The summed E-state index contributed by atoms with van der Waals surface area (Å²) in [4.78, 5) is 19.1. The first kappa shape index (κ1) is 13.6. The van der Waals surface area contributed by atoms with Gasteiger partial charge in [-0.05, 0) is 6.07 Å². The maximum absolute atomic E-state index is 10.5. The van der Waals surface area contributed by atoms with Gasteiger partial charge >= 0.3 is 5.97 Å². The maximum atomic E-state index is 10.5. The fraction of sp³-hybridized carbons (Fsp3) is 0.538. The number of ether oxygens (including phenoxy) is 1. The van der Waals surface area contributed by atoms with E-state index in [1.54, 1.807) is 13.3 Å². The Morgan fingerprint density at radius 1 is 1.42 bits per heavy atom. The molecule has 1 saturated heterocycles. The van der Waals surface area contributed by atoms with Crippen molar-refractivity contribution in [2.24, 2.45) is 0 Å². The molecule has 0 saturated carbocycles. The lowest BCUT2D eigenvalue weighted by Gasteiger charge is -2.35. The Kier molecular flexibility index (Phi) is 4.57. The van der Waals surface area contributed by atoms with Gasteiger partial charge in [0, 0.05) is 50.7 Å². The summed E-state index contributed by atoms with van der Waals surface area (Å²) in [6.45, 7) is 4.19. The molecule has 1 aromatic heterocycles. The van der Waals surface area contributed by atoms with E-state index < -0.39 is 5.97 Å². The van der Waals surface area contributed by atoms with Crippen LogP contribution in [0.2, 0.25) is 0 Å². The number of hydrogen-bond donors (Lipinski definition) is 1. The number of pyridine rings is 1. The standard InChI is InChI=1S/C13H19N3O3/c1-19-12-10-11(2-4-14-12)16-8-6-15(7-9-16)5-3-13(17)18/h2,4,10H,3,5-9H2,1H3,(H,17,18). The van der Waals surface area contributed by atoms with E-state index in [9.17, 15) is 4.79 Å². The molecule has 0 radical (unpaired) electrons. The molecule has 0 atom stereocenters. The third-order valence-electron chi connectivity index (χ3n) is 3.31. The lowest BCUT2D eigenvalue weighted by molar-refractivity contribution is -0.137. The Bertz CT molecular complexity index is 431. The van der Waals surface area contributed by atoms with Crippen molar-refractivity contribution in [2.75, 3.05) is 44.7 Å². The van der Waals surface area contributed by atoms with E-state index in [0.717, 1.165) is 31.9 Å². The van der Waals surface area contributed by atoms with Crippen molar-refractivity contribution in [3.8, 4) is 5.88 Å². The zero-order valence-corrected chi connectivity index (χ0v) is 11.1. The van der Waals surface area contributed by atoms with E-state index in [-0.39, 0.29) is 6.42 Å². The highest BCUT2D eigenvalue weighted by Gasteiger charge is 2.18. The highest BCUT2D eigenvalue weighted by atomic mass is 16.5. The van der Waals surface area contributed by atoms with Crippen molar-refractivity contribution < 1.29 is 14.6 Å². The van der Waals surface area contributed by atoms with Crippen molar-refractivity contribution in [3.05, 3.63) is 18.3 Å². The van der Waals surface area contributed by atoms with Crippen LogP contribution in [0.5, 0.6) is 5.88 Å². The molecule has 19 heavy (non-hydrogen) atoms. The van der Waals surface area contributed by atoms with Crippen LogP contribution in [-0.4, -0.2) is 60.8 Å². The number of rotatable bonds is 5. The Labute approximate surface area is 112 Å². The normalized spacial score (nSPS) is 16.4. The molecule has 0 bridgehead atoms. The van der Waals surface area contributed by atoms with Crippen molar-refractivity contribution in [1.82, 2.24) is 9.88 Å². The molecule has 0 aromatic carbocycles. The quantitative estimate of drug-likeness (QED) is 0.845. The summed E-state index contributed by atoms with van der Waals surface area (Å²) in [7, 11) is 1.61. The summed E-state index contributed by atoms with van der Waals surface area (Å²) in [5, 5.41) is 8.67. The summed E-state index contributed by atoms with van der Waals surface area (Å²) < 4.78 is 5.12. The molecule has 0 amide bonds. The second kappa shape index (κ2) is 6.38. The number of anilines is 1. The maximum Gasteiger partial charge on any atom is 0.304 e. The second-order valence-corrected chi connectivity index (χ2v) is 4.53. The molecule has 1 fully saturated rings. The number of aliphatic carboxylic acids is 1. The fourth-order valence-electron chi connectivity index (χ4n) is 2.19. The van der Waals surface area contributed by atoms with Gasteiger partial charge in [0.25, 0.3) is 0 Å². The molecule has 6 nitrogen and oxygen atoms in total. The van der Waals surface area contributed by atoms with Gasteiger partial charge in [-0.25, -0.2) is 4.98 Å². The smallest absolute Gasteiger partial charge is 0.304 e. The van der Waals surface area contributed by atoms with Crippen LogP contribution in [0.3, 0.4) is 0 Å². The minimum atomic E-state index is -0.735. The van der Waals surface area contributed by atoms with E-state index in [1.165, 1.54) is 0 Å². The average Bonchev–Trinajstić information content (AvgIpc) is 2.45. The van der Waals surface area contributed by atoms with Gasteiger partial charge in [0.05, 0.1) is 13.5 Å². The van der Waals surface area contributed by atoms with Crippen LogP contribution in [0.1, 0.15) is 6.42 Å². The van der Waals surface area contributed by atoms with Crippen molar-refractivity contribution in [3.63, 3.8) is 0 Å². The topological polar surface area (TPSA) is 65.9 Å². The predicted octanol–water partition coefficient (Wildman–Crippen LogP) is 0.687. The van der Waals surface area contributed by atoms with Gasteiger partial charge in [0.1, 0.15) is 0 Å². The van der Waals surface area contributed by atoms with Gasteiger partial charge in [-0.3, -0.25) is 9.69 Å². The monoisotopic (exact) mass is 265 g/mol. The van der Waals surface area contributed by atoms with Crippen LogP contribution >= 0.6 is 0 Å². The SMILES string of the molecule is COc1cc(N2CCN(CCC(=O)O)CC2)ccn1. The van der Waals surface area contributed by atoms with Crippen molar-refractivity contribution in [1.29, 1.82) is 0 Å². The number of carbonyl (C=O) groups is 1. The van der Waals surface area contributed by atoms with E-state index in [4.69, 9.17) is 9.84 Å². The van der Waals surface area contributed by atoms with E-state index in [1.807, 2.05) is 12.1 Å². The molecule has 2 heterocycles. The molecule has 104 valence electrons. The van der Waals surface area contributed by atoms with Crippen molar-refractivity contribution in [2.45, 2.75) is 6.42 Å². The molecule has 0 spiro atoms. The van der Waals surface area contributed by atoms with Crippen LogP contribution in [0, 0.1) is 0 Å². The predicted molar refractivity (Wildman–Crippen MR) is 71.7 cm³/mol. The van der Waals surface area contributed by atoms with Crippen LogP contribution in [0.15, 0.2) is 18.3 Å². The first-order chi connectivity index (χ1) is 9.19. The molecule has 2 rings (SSSR count). The largest absolute Gasteiger partial charge is 0.481 e. The lowest BCUT2D eigenvalue weighted by Crippen LogP contribution is -2.46. The molecule has 1 aliphatic rings. The van der Waals surface area contributed by atoms with Crippen molar-refractivity contribution >= 4 is 11.7 Å². The van der Waals surface area contributed by atoms with Crippen LogP contribution in [-0.2, 0) is 4.79 Å². The van der Waals surface area contributed by atoms with Crippen LogP contribution in [0.25, 0.3) is 0 Å². The lowest BCUT2D eigenvalue weighted by atomic mass is 10.2. The van der Waals surface area contributed by atoms with Gasteiger partial charge in [0.15, 0.2) is 0 Å². The van der Waals surface area contributed by atoms with E-state index >= 15 is 0 Å². The Morgan fingerprint density at radius 3 is 2.79 bits per heavy atom. The van der Waals surface area contributed by atoms with E-state index in [2.05, 4.69) is 14.8 Å². The molecule has 6 heteroatoms. The average molecular weight is 265 g/mol. The minimum absolute atomic E-state index is 0.211. The number of carboxylic acids is 1. The fourth-order valence-corrected chi connectivity index (χ4v) is 2.19. The Hall–Kier alpha value is -1.82. The van der Waals surface area contributed by atoms with Gasteiger partial charge in [-0.2, -0.15) is 0 Å². The summed E-state index contributed by atoms with van der Waals surface area (Å²) in [5.41, 5.74) is 1.10. The number of hydrogen-bond acceptors (Lipinski definition) is 5.